The first-order chi connectivity index (χ1) is 15.3. The number of carbonyl (C=O) groups excluding carboxylic acids is 2. The van der Waals surface area contributed by atoms with Crippen LogP contribution in [-0.2, 0) is 16.0 Å². The predicted octanol–water partition coefficient (Wildman–Crippen LogP) is 1.78. The van der Waals surface area contributed by atoms with E-state index in [4.69, 9.17) is 11.1 Å². The monoisotopic (exact) mass is 440 g/mol. The van der Waals surface area contributed by atoms with Gasteiger partial charge in [0.15, 0.2) is 0 Å². The maximum Gasteiger partial charge on any atom is 0.225 e. The Morgan fingerprint density at radius 1 is 1.12 bits per heavy atom. The summed E-state index contributed by atoms with van der Waals surface area (Å²) in [6.45, 7) is 1.99. The van der Waals surface area contributed by atoms with E-state index in [9.17, 15) is 19.1 Å². The third-order valence-electron chi connectivity index (χ3n) is 6.50. The number of piperazine rings is 1. The second-order valence-corrected chi connectivity index (χ2v) is 8.79. The van der Waals surface area contributed by atoms with Crippen molar-refractivity contribution in [1.82, 2.24) is 9.80 Å². The van der Waals surface area contributed by atoms with Crippen molar-refractivity contribution in [3.05, 3.63) is 59.4 Å². The number of aliphatic hydroxyl groups is 1. The molecule has 0 aromatic heterocycles. The van der Waals surface area contributed by atoms with Crippen molar-refractivity contribution in [2.24, 2.45) is 23.5 Å². The fourth-order valence-electron chi connectivity index (χ4n) is 4.42. The van der Waals surface area contributed by atoms with Crippen molar-refractivity contribution in [2.75, 3.05) is 26.2 Å². The van der Waals surface area contributed by atoms with E-state index in [0.717, 1.165) is 12.8 Å². The molecule has 0 spiro atoms. The summed E-state index contributed by atoms with van der Waals surface area (Å²) in [5, 5.41) is 19.3. The molecule has 8 heteroatoms. The fourth-order valence-corrected chi connectivity index (χ4v) is 4.42. The van der Waals surface area contributed by atoms with Gasteiger partial charge < -0.3 is 21.1 Å². The van der Waals surface area contributed by atoms with Gasteiger partial charge >= 0.3 is 0 Å². The van der Waals surface area contributed by atoms with E-state index in [1.807, 2.05) is 4.90 Å². The minimum atomic E-state index is -1.13. The number of rotatable bonds is 7. The van der Waals surface area contributed by atoms with E-state index in [0.29, 0.717) is 37.5 Å². The molecular formula is C24H29FN4O3. The summed E-state index contributed by atoms with van der Waals surface area (Å²) in [6.07, 6.45) is 8.00. The standard InChI is InChI=1S/C24H29FN4O3/c25-20-8-5-15(14-21(26)17-3-1-2-4-18(17)22(27)30)13-19(20)24(32)29-11-9-28(10-12-29)23(31)16-6-7-16/h1-5,8,13,16-18,24,26,32H,6-7,9-12,14H2,(H2,27,30). The van der Waals surface area contributed by atoms with Crippen LogP contribution in [0.3, 0.4) is 0 Å². The predicted molar refractivity (Wildman–Crippen MR) is 118 cm³/mol. The normalized spacial score (nSPS) is 24.4. The number of allylic oxidation sites excluding steroid dienone is 3. The minimum absolute atomic E-state index is 0.155. The summed E-state index contributed by atoms with van der Waals surface area (Å²) in [5.41, 5.74) is 6.60. The van der Waals surface area contributed by atoms with E-state index in [1.54, 1.807) is 41.3 Å². The number of hydrogen-bond donors (Lipinski definition) is 3. The van der Waals surface area contributed by atoms with Crippen LogP contribution in [0.15, 0.2) is 42.5 Å². The van der Waals surface area contributed by atoms with Crippen LogP contribution in [0.5, 0.6) is 0 Å². The summed E-state index contributed by atoms with van der Waals surface area (Å²) in [6, 6.07) is 4.47. The van der Waals surface area contributed by atoms with Gasteiger partial charge in [0.1, 0.15) is 12.0 Å². The molecular weight excluding hydrogens is 411 g/mol. The van der Waals surface area contributed by atoms with Crippen LogP contribution < -0.4 is 5.73 Å². The molecule has 2 aliphatic carbocycles. The highest BCUT2D eigenvalue weighted by Gasteiger charge is 2.35. The Balaban J connectivity index is 1.41. The number of amides is 2. The lowest BCUT2D eigenvalue weighted by molar-refractivity contribution is -0.136. The molecule has 7 nitrogen and oxygen atoms in total. The number of nitrogens with zero attached hydrogens (tertiary/aromatic N) is 2. The summed E-state index contributed by atoms with van der Waals surface area (Å²) >= 11 is 0. The Bertz CT molecular complexity index is 964. The number of nitrogens with one attached hydrogen (secondary N) is 1. The average molecular weight is 441 g/mol. The summed E-state index contributed by atoms with van der Waals surface area (Å²) in [5.74, 6) is -1.67. The van der Waals surface area contributed by atoms with Crippen molar-refractivity contribution in [3.8, 4) is 0 Å². The van der Waals surface area contributed by atoms with Gasteiger partial charge in [0.2, 0.25) is 11.8 Å². The SMILES string of the molecule is N=C(Cc1ccc(F)c(C(O)N2CCN(C(=O)C3CC3)CC2)c1)C1C=CC=CC1C(N)=O. The van der Waals surface area contributed by atoms with Gasteiger partial charge in [-0.1, -0.05) is 30.4 Å². The maximum atomic E-state index is 14.6. The number of primary amides is 1. The van der Waals surface area contributed by atoms with Gasteiger partial charge in [-0.05, 0) is 30.5 Å². The summed E-state index contributed by atoms with van der Waals surface area (Å²) in [4.78, 5) is 27.5. The highest BCUT2D eigenvalue weighted by Crippen LogP contribution is 2.32. The number of benzene rings is 1. The van der Waals surface area contributed by atoms with Crippen LogP contribution in [0, 0.1) is 29.0 Å². The molecule has 0 bridgehead atoms. The zero-order chi connectivity index (χ0) is 22.8. The first-order valence-corrected chi connectivity index (χ1v) is 11.1. The molecule has 1 aromatic carbocycles. The van der Waals surface area contributed by atoms with Crippen LogP contribution in [0.4, 0.5) is 4.39 Å². The fraction of sp³-hybridized carbons (Fsp3) is 0.458. The Morgan fingerprint density at radius 2 is 1.78 bits per heavy atom. The maximum absolute atomic E-state index is 14.6. The Labute approximate surface area is 186 Å². The third kappa shape index (κ3) is 4.81. The second kappa shape index (κ2) is 9.34. The first kappa shape index (κ1) is 22.4. The van der Waals surface area contributed by atoms with E-state index in [1.165, 1.54) is 6.07 Å². The van der Waals surface area contributed by atoms with Crippen molar-refractivity contribution < 1.29 is 19.1 Å². The lowest BCUT2D eigenvalue weighted by Gasteiger charge is -2.37. The number of aliphatic hydroxyl groups excluding tert-OH is 1. The molecule has 4 N–H and O–H groups in total. The van der Waals surface area contributed by atoms with Crippen LogP contribution in [0.1, 0.15) is 30.2 Å². The Hall–Kier alpha value is -2.84. The molecule has 1 saturated heterocycles. The molecule has 1 aromatic rings. The zero-order valence-electron chi connectivity index (χ0n) is 17.9. The average Bonchev–Trinajstić information content (AvgIpc) is 3.65. The molecule has 3 aliphatic rings. The van der Waals surface area contributed by atoms with Gasteiger partial charge in [0, 0.05) is 55.7 Å². The number of halogens is 1. The number of carbonyl (C=O) groups is 2. The van der Waals surface area contributed by atoms with Gasteiger partial charge in [-0.15, -0.1) is 0 Å². The lowest BCUT2D eigenvalue weighted by atomic mass is 9.82. The number of nitrogens with two attached hydrogens (primary N) is 1. The minimum Gasteiger partial charge on any atom is -0.374 e. The van der Waals surface area contributed by atoms with Gasteiger partial charge in [0.05, 0.1) is 5.92 Å². The van der Waals surface area contributed by atoms with Crippen molar-refractivity contribution >= 4 is 17.5 Å². The molecule has 2 amide bonds. The Kier molecular flexibility index (Phi) is 6.53. The molecule has 1 heterocycles. The third-order valence-corrected chi connectivity index (χ3v) is 6.50. The zero-order valence-corrected chi connectivity index (χ0v) is 17.9. The summed E-state index contributed by atoms with van der Waals surface area (Å²) in [7, 11) is 0. The van der Waals surface area contributed by atoms with Gasteiger partial charge in [0.25, 0.3) is 0 Å². The van der Waals surface area contributed by atoms with Crippen LogP contribution in [0.2, 0.25) is 0 Å². The van der Waals surface area contributed by atoms with Crippen molar-refractivity contribution in [2.45, 2.75) is 25.5 Å². The molecule has 3 unspecified atom stereocenters. The molecule has 1 saturated carbocycles. The van der Waals surface area contributed by atoms with Crippen LogP contribution in [-0.4, -0.2) is 58.6 Å². The second-order valence-electron chi connectivity index (χ2n) is 8.79. The van der Waals surface area contributed by atoms with Crippen molar-refractivity contribution in [3.63, 3.8) is 0 Å². The molecule has 2 fully saturated rings. The largest absolute Gasteiger partial charge is 0.374 e. The van der Waals surface area contributed by atoms with Gasteiger partial charge in [-0.2, -0.15) is 0 Å². The lowest BCUT2D eigenvalue weighted by Crippen LogP contribution is -2.50. The smallest absolute Gasteiger partial charge is 0.225 e. The molecule has 32 heavy (non-hydrogen) atoms. The molecule has 3 atom stereocenters. The molecule has 1 aliphatic heterocycles. The van der Waals surface area contributed by atoms with Crippen LogP contribution >= 0.6 is 0 Å². The Morgan fingerprint density at radius 3 is 2.41 bits per heavy atom. The van der Waals surface area contributed by atoms with Gasteiger partial charge in [-0.3, -0.25) is 14.5 Å². The molecule has 170 valence electrons. The van der Waals surface area contributed by atoms with E-state index < -0.39 is 29.8 Å². The molecule has 0 radical (unpaired) electrons. The molecule has 4 rings (SSSR count). The summed E-state index contributed by atoms with van der Waals surface area (Å²) < 4.78 is 14.6. The quantitative estimate of drug-likeness (QED) is 0.561. The van der Waals surface area contributed by atoms with E-state index in [2.05, 4.69) is 0 Å². The highest BCUT2D eigenvalue weighted by atomic mass is 19.1. The van der Waals surface area contributed by atoms with E-state index in [-0.39, 0.29) is 23.8 Å². The van der Waals surface area contributed by atoms with Crippen LogP contribution in [0.25, 0.3) is 0 Å². The van der Waals surface area contributed by atoms with Crippen molar-refractivity contribution in [1.29, 1.82) is 5.41 Å². The highest BCUT2D eigenvalue weighted by molar-refractivity contribution is 5.93. The number of hydrogen-bond acceptors (Lipinski definition) is 5. The topological polar surface area (TPSA) is 111 Å². The first-order valence-electron chi connectivity index (χ1n) is 11.1. The van der Waals surface area contributed by atoms with E-state index >= 15 is 0 Å². The van der Waals surface area contributed by atoms with Gasteiger partial charge in [-0.25, -0.2) is 4.39 Å².